The van der Waals surface area contributed by atoms with Gasteiger partial charge >= 0.3 is 0 Å². The Hall–Kier alpha value is -3.28. The van der Waals surface area contributed by atoms with Gasteiger partial charge in [0.1, 0.15) is 0 Å². The first kappa shape index (κ1) is 16.6. The molecule has 1 aliphatic heterocycles. The smallest absolute Gasteiger partial charge is 0.261 e. The van der Waals surface area contributed by atoms with Crippen molar-refractivity contribution < 1.29 is 19.2 Å². The van der Waals surface area contributed by atoms with Crippen molar-refractivity contribution in [2.75, 3.05) is 11.9 Å². The quantitative estimate of drug-likeness (QED) is 0.672. The number of fused-ring (bicyclic) bond motifs is 1. The summed E-state index contributed by atoms with van der Waals surface area (Å²) in [5, 5.41) is 2.68. The predicted octanol–water partition coefficient (Wildman–Crippen LogP) is 2.51. The maximum atomic E-state index is 12.2. The minimum absolute atomic E-state index is 0.0000711. The molecular formula is C19H16N2O4. The standard InChI is InChI=1S/C19H16N2O4/c1-12(22)13-6-8-14(9-7-13)20-17(23)10-11-21-18(24)15-4-2-3-5-16(15)19(21)25/h2-9H,10-11H2,1H3,(H,20,23). The summed E-state index contributed by atoms with van der Waals surface area (Å²) in [6.45, 7) is 1.49. The molecule has 0 aromatic heterocycles. The van der Waals surface area contributed by atoms with Crippen molar-refractivity contribution in [2.45, 2.75) is 13.3 Å². The molecule has 0 radical (unpaired) electrons. The normalized spacial score (nSPS) is 12.9. The molecular weight excluding hydrogens is 320 g/mol. The van der Waals surface area contributed by atoms with Gasteiger partial charge in [0.2, 0.25) is 5.91 Å². The van der Waals surface area contributed by atoms with E-state index in [1.54, 1.807) is 48.5 Å². The van der Waals surface area contributed by atoms with Crippen LogP contribution in [0.2, 0.25) is 0 Å². The van der Waals surface area contributed by atoms with E-state index in [0.29, 0.717) is 22.4 Å². The van der Waals surface area contributed by atoms with Crippen molar-refractivity contribution in [1.82, 2.24) is 4.90 Å². The molecule has 3 rings (SSSR count). The molecule has 0 unspecified atom stereocenters. The van der Waals surface area contributed by atoms with Crippen LogP contribution in [0.15, 0.2) is 48.5 Å². The molecule has 1 N–H and O–H groups in total. The van der Waals surface area contributed by atoms with Gasteiger partial charge in [-0.05, 0) is 43.3 Å². The number of benzene rings is 2. The third-order valence-corrected chi connectivity index (χ3v) is 4.02. The van der Waals surface area contributed by atoms with Gasteiger partial charge in [-0.2, -0.15) is 0 Å². The Morgan fingerprint density at radius 1 is 0.920 bits per heavy atom. The van der Waals surface area contributed by atoms with Crippen molar-refractivity contribution in [3.63, 3.8) is 0 Å². The summed E-state index contributed by atoms with van der Waals surface area (Å²) in [6.07, 6.45) is -0.0000711. The highest BCUT2D eigenvalue weighted by atomic mass is 16.2. The SMILES string of the molecule is CC(=O)c1ccc(NC(=O)CCN2C(=O)c3ccccc3C2=O)cc1. The minimum Gasteiger partial charge on any atom is -0.326 e. The lowest BCUT2D eigenvalue weighted by Crippen LogP contribution is -2.32. The number of ketones is 1. The average molecular weight is 336 g/mol. The van der Waals surface area contributed by atoms with Crippen LogP contribution in [0.3, 0.4) is 0 Å². The molecule has 0 fully saturated rings. The van der Waals surface area contributed by atoms with Crippen LogP contribution in [0.4, 0.5) is 5.69 Å². The summed E-state index contributed by atoms with van der Waals surface area (Å²) in [4.78, 5) is 48.8. The molecule has 6 heteroatoms. The van der Waals surface area contributed by atoms with Crippen LogP contribution in [0.5, 0.6) is 0 Å². The van der Waals surface area contributed by atoms with E-state index in [-0.39, 0.29) is 36.5 Å². The molecule has 126 valence electrons. The van der Waals surface area contributed by atoms with Gasteiger partial charge in [0.15, 0.2) is 5.78 Å². The van der Waals surface area contributed by atoms with Gasteiger partial charge in [-0.15, -0.1) is 0 Å². The highest BCUT2D eigenvalue weighted by Crippen LogP contribution is 2.22. The lowest BCUT2D eigenvalue weighted by atomic mass is 10.1. The second-order valence-corrected chi connectivity index (χ2v) is 5.74. The molecule has 2 aromatic rings. The Kier molecular flexibility index (Phi) is 4.43. The minimum atomic E-state index is -0.376. The Morgan fingerprint density at radius 3 is 2.00 bits per heavy atom. The number of rotatable bonds is 5. The second kappa shape index (κ2) is 6.68. The van der Waals surface area contributed by atoms with E-state index < -0.39 is 0 Å². The number of amides is 3. The highest BCUT2D eigenvalue weighted by molar-refractivity contribution is 6.21. The molecule has 0 spiro atoms. The number of Topliss-reactive ketones (excluding diaryl/α,β-unsaturated/α-hetero) is 1. The van der Waals surface area contributed by atoms with Crippen LogP contribution >= 0.6 is 0 Å². The topological polar surface area (TPSA) is 83.6 Å². The molecule has 0 atom stereocenters. The molecule has 2 aromatic carbocycles. The van der Waals surface area contributed by atoms with Crippen LogP contribution in [-0.2, 0) is 4.79 Å². The molecule has 1 heterocycles. The summed E-state index contributed by atoms with van der Waals surface area (Å²) in [7, 11) is 0. The van der Waals surface area contributed by atoms with Crippen LogP contribution < -0.4 is 5.32 Å². The summed E-state index contributed by atoms with van der Waals surface area (Å²) in [5.41, 5.74) is 1.85. The number of anilines is 1. The number of hydrogen-bond acceptors (Lipinski definition) is 4. The molecule has 0 saturated heterocycles. The number of nitrogens with zero attached hydrogens (tertiary/aromatic N) is 1. The zero-order valence-electron chi connectivity index (χ0n) is 13.6. The summed E-state index contributed by atoms with van der Waals surface area (Å²) < 4.78 is 0. The van der Waals surface area contributed by atoms with Crippen molar-refractivity contribution in [2.24, 2.45) is 0 Å². The first-order valence-corrected chi connectivity index (χ1v) is 7.83. The van der Waals surface area contributed by atoms with E-state index in [9.17, 15) is 19.2 Å². The Bertz CT molecular complexity index is 836. The summed E-state index contributed by atoms with van der Waals surface area (Å²) in [6, 6.07) is 13.1. The van der Waals surface area contributed by atoms with Crippen LogP contribution in [-0.4, -0.2) is 34.9 Å². The van der Waals surface area contributed by atoms with E-state index in [1.807, 2.05) is 0 Å². The fraction of sp³-hybridized carbons (Fsp3) is 0.158. The van der Waals surface area contributed by atoms with Gasteiger partial charge in [0.25, 0.3) is 11.8 Å². The molecule has 0 bridgehead atoms. The van der Waals surface area contributed by atoms with E-state index in [1.165, 1.54) is 6.92 Å². The van der Waals surface area contributed by atoms with Crippen molar-refractivity contribution in [1.29, 1.82) is 0 Å². The van der Waals surface area contributed by atoms with Crippen LogP contribution in [0, 0.1) is 0 Å². The number of nitrogens with one attached hydrogen (secondary N) is 1. The van der Waals surface area contributed by atoms with Gasteiger partial charge in [0, 0.05) is 24.2 Å². The van der Waals surface area contributed by atoms with Crippen LogP contribution in [0.25, 0.3) is 0 Å². The number of hydrogen-bond donors (Lipinski definition) is 1. The predicted molar refractivity (Wildman–Crippen MR) is 91.5 cm³/mol. The van der Waals surface area contributed by atoms with Gasteiger partial charge in [-0.1, -0.05) is 12.1 Å². The maximum absolute atomic E-state index is 12.2. The van der Waals surface area contributed by atoms with Crippen LogP contribution in [0.1, 0.15) is 44.4 Å². The highest BCUT2D eigenvalue weighted by Gasteiger charge is 2.34. The number of carbonyl (C=O) groups is 4. The largest absolute Gasteiger partial charge is 0.326 e. The molecule has 6 nitrogen and oxygen atoms in total. The Labute approximate surface area is 144 Å². The number of carbonyl (C=O) groups excluding carboxylic acids is 4. The lowest BCUT2D eigenvalue weighted by Gasteiger charge is -2.13. The van der Waals surface area contributed by atoms with Gasteiger partial charge in [0.05, 0.1) is 11.1 Å². The lowest BCUT2D eigenvalue weighted by molar-refractivity contribution is -0.116. The zero-order valence-corrected chi connectivity index (χ0v) is 13.6. The third kappa shape index (κ3) is 3.33. The van der Waals surface area contributed by atoms with Gasteiger partial charge in [-0.25, -0.2) is 0 Å². The van der Waals surface area contributed by atoms with E-state index >= 15 is 0 Å². The Morgan fingerprint density at radius 2 is 1.48 bits per heavy atom. The maximum Gasteiger partial charge on any atom is 0.261 e. The fourth-order valence-corrected chi connectivity index (χ4v) is 2.67. The Balaban J connectivity index is 1.59. The van der Waals surface area contributed by atoms with Crippen molar-refractivity contribution in [3.8, 4) is 0 Å². The molecule has 1 aliphatic rings. The first-order chi connectivity index (χ1) is 12.0. The first-order valence-electron chi connectivity index (χ1n) is 7.83. The fourth-order valence-electron chi connectivity index (χ4n) is 2.67. The molecule has 25 heavy (non-hydrogen) atoms. The average Bonchev–Trinajstić information content (AvgIpc) is 2.85. The second-order valence-electron chi connectivity index (χ2n) is 5.74. The summed E-state index contributed by atoms with van der Waals surface area (Å²) >= 11 is 0. The van der Waals surface area contributed by atoms with Crippen molar-refractivity contribution >= 4 is 29.2 Å². The van der Waals surface area contributed by atoms with Crippen molar-refractivity contribution in [3.05, 3.63) is 65.2 Å². The van der Waals surface area contributed by atoms with E-state index in [0.717, 1.165) is 4.90 Å². The van der Waals surface area contributed by atoms with E-state index in [2.05, 4.69) is 5.32 Å². The number of imide groups is 1. The van der Waals surface area contributed by atoms with Gasteiger partial charge < -0.3 is 5.32 Å². The molecule has 0 saturated carbocycles. The van der Waals surface area contributed by atoms with E-state index in [4.69, 9.17) is 0 Å². The molecule has 0 aliphatic carbocycles. The monoisotopic (exact) mass is 336 g/mol. The van der Waals surface area contributed by atoms with Gasteiger partial charge in [-0.3, -0.25) is 24.1 Å². The third-order valence-electron chi connectivity index (χ3n) is 4.02. The zero-order chi connectivity index (χ0) is 18.0. The molecule has 3 amide bonds. The summed E-state index contributed by atoms with van der Waals surface area (Å²) in [5.74, 6) is -1.12.